The summed E-state index contributed by atoms with van der Waals surface area (Å²) in [6, 6.07) is 10.1. The summed E-state index contributed by atoms with van der Waals surface area (Å²) in [6.45, 7) is 9.73. The summed E-state index contributed by atoms with van der Waals surface area (Å²) in [6.07, 6.45) is 1.27. The molecule has 0 atom stereocenters. The van der Waals surface area contributed by atoms with E-state index in [-0.39, 0.29) is 11.5 Å². The fourth-order valence-corrected chi connectivity index (χ4v) is 4.47. The van der Waals surface area contributed by atoms with Crippen LogP contribution >= 0.6 is 11.6 Å². The Morgan fingerprint density at radius 3 is 2.32 bits per heavy atom. The number of Topliss-reactive ketones (excluding diaryl/α,β-unsaturated/α-hetero) is 1. The van der Waals surface area contributed by atoms with Crippen molar-refractivity contribution in [1.29, 1.82) is 0 Å². The highest BCUT2D eigenvalue weighted by Crippen LogP contribution is 2.49. The van der Waals surface area contributed by atoms with E-state index in [9.17, 15) is 14.3 Å². The molecular weight excluding hydrogens is 375 g/mol. The highest BCUT2D eigenvalue weighted by atomic mass is 35.5. The Kier molecular flexibility index (Phi) is 5.18. The van der Waals surface area contributed by atoms with Gasteiger partial charge in [-0.2, -0.15) is 0 Å². The van der Waals surface area contributed by atoms with E-state index in [2.05, 4.69) is 0 Å². The Balaban J connectivity index is 2.27. The average molecular weight is 401 g/mol. The van der Waals surface area contributed by atoms with Crippen molar-refractivity contribution >= 4 is 23.0 Å². The van der Waals surface area contributed by atoms with Crippen molar-refractivity contribution in [2.24, 2.45) is 10.8 Å². The number of aliphatic hydroxyl groups excluding tert-OH is 1. The van der Waals surface area contributed by atoms with Crippen LogP contribution in [0.1, 0.15) is 52.2 Å². The standard InChI is InChI=1S/C24H26ClFO2/c1-6-14-7-8-15(17-10-9-16(25)12-19(17)26)11-18(14)20-21(27)23(2,3)13-24(4,5)22(20)28/h7-12,27H,6,13H2,1-5H3. The lowest BCUT2D eigenvalue weighted by Crippen LogP contribution is -2.38. The molecule has 148 valence electrons. The second kappa shape index (κ2) is 7.04. The molecule has 0 saturated carbocycles. The van der Waals surface area contributed by atoms with E-state index in [1.807, 2.05) is 52.8 Å². The third-order valence-electron chi connectivity index (χ3n) is 5.61. The van der Waals surface area contributed by atoms with Crippen LogP contribution in [-0.4, -0.2) is 10.9 Å². The van der Waals surface area contributed by atoms with E-state index in [1.165, 1.54) is 6.07 Å². The second-order valence-corrected chi connectivity index (χ2v) is 9.28. The molecule has 28 heavy (non-hydrogen) atoms. The maximum absolute atomic E-state index is 14.5. The second-order valence-electron chi connectivity index (χ2n) is 8.85. The Morgan fingerprint density at radius 2 is 1.71 bits per heavy atom. The summed E-state index contributed by atoms with van der Waals surface area (Å²) in [4.78, 5) is 13.3. The molecule has 2 aromatic carbocycles. The summed E-state index contributed by atoms with van der Waals surface area (Å²) in [5.41, 5.74) is 1.94. The van der Waals surface area contributed by atoms with Crippen LogP contribution in [0.15, 0.2) is 42.2 Å². The molecule has 2 aromatic rings. The number of rotatable bonds is 3. The van der Waals surface area contributed by atoms with Crippen molar-refractivity contribution in [3.8, 4) is 11.1 Å². The average Bonchev–Trinajstić information content (AvgIpc) is 2.60. The zero-order chi connectivity index (χ0) is 20.9. The van der Waals surface area contributed by atoms with Gasteiger partial charge in [0.05, 0.1) is 5.57 Å². The Labute approximate surface area is 171 Å². The number of aliphatic hydroxyl groups is 1. The Bertz CT molecular complexity index is 986. The molecule has 1 aliphatic rings. The van der Waals surface area contributed by atoms with E-state index in [1.54, 1.807) is 12.1 Å². The van der Waals surface area contributed by atoms with Crippen LogP contribution in [0, 0.1) is 16.6 Å². The highest BCUT2D eigenvalue weighted by Gasteiger charge is 2.46. The third-order valence-corrected chi connectivity index (χ3v) is 5.84. The number of halogens is 2. The van der Waals surface area contributed by atoms with Gasteiger partial charge < -0.3 is 5.11 Å². The van der Waals surface area contributed by atoms with Crippen LogP contribution in [0.4, 0.5) is 4.39 Å². The zero-order valence-electron chi connectivity index (χ0n) is 17.0. The number of aryl methyl sites for hydroxylation is 1. The van der Waals surface area contributed by atoms with E-state index >= 15 is 0 Å². The molecule has 0 heterocycles. The first-order chi connectivity index (χ1) is 13.0. The van der Waals surface area contributed by atoms with Crippen molar-refractivity contribution in [2.45, 2.75) is 47.5 Å². The molecule has 4 heteroatoms. The largest absolute Gasteiger partial charge is 0.511 e. The number of carbonyl (C=O) groups is 1. The van der Waals surface area contributed by atoms with Gasteiger partial charge in [0.1, 0.15) is 11.6 Å². The topological polar surface area (TPSA) is 37.3 Å². The molecule has 0 bridgehead atoms. The molecule has 2 nitrogen and oxygen atoms in total. The number of benzene rings is 2. The van der Waals surface area contributed by atoms with E-state index in [0.717, 1.165) is 5.56 Å². The van der Waals surface area contributed by atoms with Gasteiger partial charge in [-0.3, -0.25) is 4.79 Å². The van der Waals surface area contributed by atoms with Gasteiger partial charge in [0.25, 0.3) is 0 Å². The van der Waals surface area contributed by atoms with Crippen LogP contribution in [0.25, 0.3) is 16.7 Å². The molecule has 3 rings (SSSR count). The molecule has 0 fully saturated rings. The minimum atomic E-state index is -0.586. The van der Waals surface area contributed by atoms with Crippen LogP contribution in [0.2, 0.25) is 5.02 Å². The van der Waals surface area contributed by atoms with Gasteiger partial charge in [0.15, 0.2) is 5.78 Å². The van der Waals surface area contributed by atoms with Crippen molar-refractivity contribution in [3.05, 3.63) is 64.1 Å². The maximum Gasteiger partial charge on any atom is 0.172 e. The Hall–Kier alpha value is -2.13. The van der Waals surface area contributed by atoms with Gasteiger partial charge in [-0.15, -0.1) is 0 Å². The smallest absolute Gasteiger partial charge is 0.172 e. The van der Waals surface area contributed by atoms with E-state index in [0.29, 0.717) is 40.1 Å². The predicted octanol–water partition coefficient (Wildman–Crippen LogP) is 7.00. The fraction of sp³-hybridized carbons (Fsp3) is 0.375. The van der Waals surface area contributed by atoms with Crippen molar-refractivity contribution in [2.75, 3.05) is 0 Å². The van der Waals surface area contributed by atoms with Crippen LogP contribution in [0.5, 0.6) is 0 Å². The summed E-state index contributed by atoms with van der Waals surface area (Å²) < 4.78 is 14.5. The number of hydrogen-bond donors (Lipinski definition) is 1. The lowest BCUT2D eigenvalue weighted by Gasteiger charge is -2.40. The van der Waals surface area contributed by atoms with Crippen LogP contribution in [0.3, 0.4) is 0 Å². The molecule has 1 aliphatic carbocycles. The minimum absolute atomic E-state index is 0.0762. The van der Waals surface area contributed by atoms with Gasteiger partial charge in [0, 0.05) is 21.4 Å². The highest BCUT2D eigenvalue weighted by molar-refractivity contribution is 6.30. The van der Waals surface area contributed by atoms with Gasteiger partial charge in [-0.25, -0.2) is 4.39 Å². The number of carbonyl (C=O) groups excluding carboxylic acids is 1. The Morgan fingerprint density at radius 1 is 1.04 bits per heavy atom. The molecular formula is C24H26ClFO2. The molecule has 0 amide bonds. The first-order valence-electron chi connectivity index (χ1n) is 9.55. The monoisotopic (exact) mass is 400 g/mol. The lowest BCUT2D eigenvalue weighted by molar-refractivity contribution is -0.124. The quantitative estimate of drug-likeness (QED) is 0.602. The maximum atomic E-state index is 14.5. The first-order valence-corrected chi connectivity index (χ1v) is 9.93. The number of allylic oxidation sites excluding steroid dienone is 2. The summed E-state index contributed by atoms with van der Waals surface area (Å²) in [5.74, 6) is -0.385. The SMILES string of the molecule is CCc1ccc(-c2ccc(Cl)cc2F)cc1C1=C(O)C(C)(C)CC(C)(C)C1=O. The van der Waals surface area contributed by atoms with Gasteiger partial charge in [-0.05, 0) is 53.8 Å². The molecule has 0 radical (unpaired) electrons. The molecule has 0 saturated heterocycles. The molecule has 0 aromatic heterocycles. The molecule has 0 aliphatic heterocycles. The van der Waals surface area contributed by atoms with Gasteiger partial charge in [-0.1, -0.05) is 58.4 Å². The van der Waals surface area contributed by atoms with Crippen LogP contribution in [-0.2, 0) is 11.2 Å². The first kappa shape index (κ1) is 20.6. The zero-order valence-corrected chi connectivity index (χ0v) is 17.7. The predicted molar refractivity (Wildman–Crippen MR) is 113 cm³/mol. The van der Waals surface area contributed by atoms with Crippen molar-refractivity contribution < 1.29 is 14.3 Å². The lowest BCUT2D eigenvalue weighted by atomic mass is 9.63. The number of ketones is 1. The van der Waals surface area contributed by atoms with Gasteiger partial charge >= 0.3 is 0 Å². The number of hydrogen-bond acceptors (Lipinski definition) is 2. The summed E-state index contributed by atoms with van der Waals surface area (Å²) in [5, 5.41) is 11.3. The van der Waals surface area contributed by atoms with Crippen molar-refractivity contribution in [1.82, 2.24) is 0 Å². The van der Waals surface area contributed by atoms with Crippen LogP contribution < -0.4 is 0 Å². The summed E-state index contributed by atoms with van der Waals surface area (Å²) in [7, 11) is 0. The molecule has 0 spiro atoms. The van der Waals surface area contributed by atoms with Crippen molar-refractivity contribution in [3.63, 3.8) is 0 Å². The minimum Gasteiger partial charge on any atom is -0.511 e. The molecule has 0 unspecified atom stereocenters. The molecule has 1 N–H and O–H groups in total. The third kappa shape index (κ3) is 3.48. The fourth-order valence-electron chi connectivity index (χ4n) is 4.31. The van der Waals surface area contributed by atoms with Gasteiger partial charge in [0.2, 0.25) is 0 Å². The van der Waals surface area contributed by atoms with E-state index < -0.39 is 16.6 Å². The van der Waals surface area contributed by atoms with E-state index in [4.69, 9.17) is 11.6 Å². The normalized spacial score (nSPS) is 18.5. The summed E-state index contributed by atoms with van der Waals surface area (Å²) >= 11 is 5.88.